The Hall–Kier alpha value is -1.07. The van der Waals surface area contributed by atoms with Crippen LogP contribution < -0.4 is 4.74 Å². The first kappa shape index (κ1) is 21.0. The van der Waals surface area contributed by atoms with E-state index in [1.165, 1.54) is 0 Å². The summed E-state index contributed by atoms with van der Waals surface area (Å²) in [5.74, 6) is 0.736. The molecule has 0 aliphatic rings. The van der Waals surface area contributed by atoms with E-state index >= 15 is 0 Å². The predicted molar refractivity (Wildman–Crippen MR) is 98.8 cm³/mol. The second kappa shape index (κ2) is 11.5. The minimum Gasteiger partial charge on any atom is -0.472 e. The Morgan fingerprint density at radius 1 is 0.958 bits per heavy atom. The predicted octanol–water partition coefficient (Wildman–Crippen LogP) is 5.45. The van der Waals surface area contributed by atoms with Crippen LogP contribution >= 0.6 is 0 Å². The van der Waals surface area contributed by atoms with Crippen molar-refractivity contribution in [1.29, 1.82) is 0 Å². The largest absolute Gasteiger partial charge is 0.472 e. The van der Waals surface area contributed by atoms with Crippen LogP contribution in [0.1, 0.15) is 71.6 Å². The minimum atomic E-state index is -4.24. The van der Waals surface area contributed by atoms with Crippen LogP contribution in [0.15, 0.2) is 30.3 Å². The molecule has 0 saturated heterocycles. The molecule has 1 unspecified atom stereocenters. The summed E-state index contributed by atoms with van der Waals surface area (Å²) in [6.45, 7) is 4.32. The molecule has 4 nitrogen and oxygen atoms in total. The van der Waals surface area contributed by atoms with Crippen LogP contribution in [0.5, 0.6) is 5.75 Å². The fourth-order valence-electron chi connectivity index (χ4n) is 2.90. The van der Waals surface area contributed by atoms with Crippen molar-refractivity contribution in [2.45, 2.75) is 77.1 Å². The van der Waals surface area contributed by atoms with Crippen LogP contribution in [0.25, 0.3) is 0 Å². The summed E-state index contributed by atoms with van der Waals surface area (Å²) in [6.07, 6.45) is 9.10. The normalized spacial score (nSPS) is 13.2. The van der Waals surface area contributed by atoms with E-state index in [1.807, 2.05) is 6.07 Å². The van der Waals surface area contributed by atoms with Gasteiger partial charge in [-0.3, -0.25) is 4.55 Å². The van der Waals surface area contributed by atoms with E-state index in [0.29, 0.717) is 12.2 Å². The lowest BCUT2D eigenvalue weighted by atomic mass is 9.92. The standard InChI is InChI=1S/C19H32O4S/c1-3-5-8-12-17(13-9-6-4-2)16-19(24(20,21)22)23-18-14-10-7-11-15-18/h7,10-11,14-15,17,19H,3-6,8-9,12-13,16H2,1-2H3,(H,20,21,22). The molecule has 24 heavy (non-hydrogen) atoms. The number of hydrogen-bond donors (Lipinski definition) is 1. The summed E-state index contributed by atoms with van der Waals surface area (Å²) in [6, 6.07) is 8.84. The van der Waals surface area contributed by atoms with E-state index in [2.05, 4.69) is 13.8 Å². The van der Waals surface area contributed by atoms with Gasteiger partial charge >= 0.3 is 10.1 Å². The third kappa shape index (κ3) is 8.69. The summed E-state index contributed by atoms with van der Waals surface area (Å²) in [5.41, 5.74) is -1.19. The number of rotatable bonds is 13. The van der Waals surface area contributed by atoms with Crippen LogP contribution in [-0.2, 0) is 10.1 Å². The molecule has 0 bridgehead atoms. The second-order valence-corrected chi connectivity index (χ2v) is 8.02. The van der Waals surface area contributed by atoms with Gasteiger partial charge in [0.1, 0.15) is 5.75 Å². The molecule has 0 fully saturated rings. The number of ether oxygens (including phenoxy) is 1. The number of para-hydroxylation sites is 1. The first-order valence-corrected chi connectivity index (χ1v) is 10.7. The van der Waals surface area contributed by atoms with Crippen LogP contribution in [0, 0.1) is 5.92 Å². The van der Waals surface area contributed by atoms with Crippen LogP contribution in [0.2, 0.25) is 0 Å². The van der Waals surface area contributed by atoms with E-state index in [1.54, 1.807) is 24.3 Å². The maximum Gasteiger partial charge on any atom is 0.303 e. The van der Waals surface area contributed by atoms with Crippen molar-refractivity contribution in [3.63, 3.8) is 0 Å². The highest BCUT2D eigenvalue weighted by atomic mass is 32.2. The van der Waals surface area contributed by atoms with E-state index in [4.69, 9.17) is 4.74 Å². The van der Waals surface area contributed by atoms with Gasteiger partial charge < -0.3 is 4.74 Å². The molecule has 138 valence electrons. The number of benzene rings is 1. The van der Waals surface area contributed by atoms with Gasteiger partial charge in [-0.15, -0.1) is 0 Å². The monoisotopic (exact) mass is 356 g/mol. The molecule has 0 spiro atoms. The Morgan fingerprint density at radius 2 is 1.50 bits per heavy atom. The molecule has 0 radical (unpaired) electrons. The molecule has 0 amide bonds. The zero-order valence-corrected chi connectivity index (χ0v) is 15.8. The Kier molecular flexibility index (Phi) is 10.0. The van der Waals surface area contributed by atoms with E-state index in [0.717, 1.165) is 51.4 Å². The third-order valence-electron chi connectivity index (χ3n) is 4.30. The lowest BCUT2D eigenvalue weighted by molar-refractivity contribution is 0.209. The van der Waals surface area contributed by atoms with Crippen LogP contribution in [0.3, 0.4) is 0 Å². The lowest BCUT2D eigenvalue weighted by Crippen LogP contribution is -2.29. The highest BCUT2D eigenvalue weighted by Gasteiger charge is 2.28. The van der Waals surface area contributed by atoms with Crippen molar-refractivity contribution in [1.82, 2.24) is 0 Å². The molecule has 0 aliphatic heterocycles. The van der Waals surface area contributed by atoms with Gasteiger partial charge in [-0.05, 0) is 18.1 Å². The third-order valence-corrected chi connectivity index (χ3v) is 5.25. The van der Waals surface area contributed by atoms with Gasteiger partial charge in [0.05, 0.1) is 0 Å². The maximum atomic E-state index is 11.8. The van der Waals surface area contributed by atoms with Crippen molar-refractivity contribution in [2.24, 2.45) is 5.92 Å². The van der Waals surface area contributed by atoms with Crippen LogP contribution in [-0.4, -0.2) is 18.4 Å². The molecule has 1 aromatic rings. The average molecular weight is 357 g/mol. The van der Waals surface area contributed by atoms with Gasteiger partial charge in [0, 0.05) is 6.42 Å². The van der Waals surface area contributed by atoms with Gasteiger partial charge in [-0.1, -0.05) is 83.4 Å². The molecule has 0 heterocycles. The summed E-state index contributed by atoms with van der Waals surface area (Å²) in [4.78, 5) is 0. The highest BCUT2D eigenvalue weighted by molar-refractivity contribution is 7.86. The van der Waals surface area contributed by atoms with E-state index in [9.17, 15) is 13.0 Å². The zero-order chi connectivity index (χ0) is 17.8. The molecular weight excluding hydrogens is 324 g/mol. The minimum absolute atomic E-state index is 0.263. The number of hydrogen-bond acceptors (Lipinski definition) is 3. The van der Waals surface area contributed by atoms with Crippen LogP contribution in [0.4, 0.5) is 0 Å². The SMILES string of the molecule is CCCCCC(CCCCC)CC(Oc1ccccc1)S(=O)(=O)O. The zero-order valence-electron chi connectivity index (χ0n) is 15.0. The summed E-state index contributed by atoms with van der Waals surface area (Å²) < 4.78 is 38.7. The second-order valence-electron chi connectivity index (χ2n) is 6.47. The Morgan fingerprint density at radius 3 is 1.96 bits per heavy atom. The topological polar surface area (TPSA) is 63.6 Å². The first-order chi connectivity index (χ1) is 11.5. The highest BCUT2D eigenvalue weighted by Crippen LogP contribution is 2.26. The molecule has 1 aromatic carbocycles. The smallest absolute Gasteiger partial charge is 0.303 e. The lowest BCUT2D eigenvalue weighted by Gasteiger charge is -2.23. The Balaban J connectivity index is 2.73. The molecule has 0 saturated carbocycles. The van der Waals surface area contributed by atoms with Gasteiger partial charge in [-0.2, -0.15) is 8.42 Å². The Bertz CT molecular complexity index is 518. The number of unbranched alkanes of at least 4 members (excludes halogenated alkanes) is 4. The summed E-state index contributed by atoms with van der Waals surface area (Å²) in [7, 11) is -4.24. The summed E-state index contributed by atoms with van der Waals surface area (Å²) >= 11 is 0. The van der Waals surface area contributed by atoms with Crippen molar-refractivity contribution >= 4 is 10.1 Å². The van der Waals surface area contributed by atoms with Crippen molar-refractivity contribution < 1.29 is 17.7 Å². The fraction of sp³-hybridized carbons (Fsp3) is 0.684. The van der Waals surface area contributed by atoms with Crippen molar-refractivity contribution in [3.8, 4) is 5.75 Å². The molecule has 1 atom stereocenters. The molecule has 0 aliphatic carbocycles. The van der Waals surface area contributed by atoms with E-state index < -0.39 is 15.6 Å². The summed E-state index contributed by atoms with van der Waals surface area (Å²) in [5, 5.41) is 0. The van der Waals surface area contributed by atoms with Gasteiger partial charge in [0.2, 0.25) is 5.44 Å². The fourth-order valence-corrected chi connectivity index (χ4v) is 3.65. The van der Waals surface area contributed by atoms with Gasteiger partial charge in [0.25, 0.3) is 0 Å². The quantitative estimate of drug-likeness (QED) is 0.377. The first-order valence-electron chi connectivity index (χ1n) is 9.15. The average Bonchev–Trinajstić information content (AvgIpc) is 2.54. The molecule has 5 heteroatoms. The van der Waals surface area contributed by atoms with Gasteiger partial charge in [0.15, 0.2) is 0 Å². The Labute approximate surface area is 147 Å². The molecule has 0 aromatic heterocycles. The van der Waals surface area contributed by atoms with E-state index in [-0.39, 0.29) is 5.92 Å². The van der Waals surface area contributed by atoms with Crippen molar-refractivity contribution in [3.05, 3.63) is 30.3 Å². The molecule has 1 rings (SSSR count). The van der Waals surface area contributed by atoms with Gasteiger partial charge in [-0.25, -0.2) is 0 Å². The van der Waals surface area contributed by atoms with Crippen molar-refractivity contribution in [2.75, 3.05) is 0 Å². The molecule has 1 N–H and O–H groups in total. The maximum absolute atomic E-state index is 11.8. The molecular formula is C19H32O4S.